The van der Waals surface area contributed by atoms with E-state index in [2.05, 4.69) is 84.8 Å². The molecule has 0 atom stereocenters. The molecule has 0 unspecified atom stereocenters. The molecular formula is C80H95F2N19O11. The summed E-state index contributed by atoms with van der Waals surface area (Å²) in [6.45, 7) is 17.2. The van der Waals surface area contributed by atoms with Gasteiger partial charge in [0.1, 0.15) is 63.9 Å². The molecule has 0 spiro atoms. The molecule has 0 bridgehead atoms. The number of nitrogen functional groups attached to an aromatic ring is 5. The number of hydrogen-bond donors (Lipinski definition) is 14. The maximum absolute atomic E-state index is 13.3. The maximum Gasteiger partial charge on any atom is 0.417 e. The second kappa shape index (κ2) is 45.7. The number of morpholine rings is 1. The van der Waals surface area contributed by atoms with Gasteiger partial charge in [0, 0.05) is 45.0 Å². The first kappa shape index (κ1) is 85.3. The lowest BCUT2D eigenvalue weighted by atomic mass is 10.1. The summed E-state index contributed by atoms with van der Waals surface area (Å²) in [5.74, 6) is 3.46. The Balaban J connectivity index is 0.000000195. The second-order valence-electron chi connectivity index (χ2n) is 24.1. The highest BCUT2D eigenvalue weighted by molar-refractivity contribution is 5.92. The number of nitrogens with two attached hydrogens (primary N) is 5. The van der Waals surface area contributed by atoms with Crippen LogP contribution in [-0.2, 0) is 49.7 Å². The van der Waals surface area contributed by atoms with E-state index in [1.165, 1.54) is 29.8 Å². The number of carbonyl (C=O) groups excluding carboxylic acids is 5. The minimum absolute atomic E-state index is 0.165. The summed E-state index contributed by atoms with van der Waals surface area (Å²) in [5, 5.41) is 25.4. The van der Waals surface area contributed by atoms with Crippen LogP contribution < -0.4 is 86.2 Å². The summed E-state index contributed by atoms with van der Waals surface area (Å²) < 4.78 is 55.9. The number of amides is 5. The number of halogens is 2. The van der Waals surface area contributed by atoms with Gasteiger partial charge >= 0.3 is 30.5 Å². The molecule has 0 saturated carbocycles. The van der Waals surface area contributed by atoms with Crippen molar-refractivity contribution in [3.63, 3.8) is 0 Å². The molecule has 112 heavy (non-hydrogen) atoms. The molecule has 11 rings (SSSR count). The third kappa shape index (κ3) is 30.8. The highest BCUT2D eigenvalue weighted by atomic mass is 19.1. The van der Waals surface area contributed by atoms with Crippen molar-refractivity contribution in [3.8, 4) is 5.75 Å². The van der Waals surface area contributed by atoms with E-state index in [0.717, 1.165) is 65.4 Å². The molecular weight excluding hydrogens is 1440 g/mol. The van der Waals surface area contributed by atoms with Gasteiger partial charge in [0.2, 0.25) is 0 Å². The number of aryl methyl sites for hydroxylation is 2. The Morgan fingerprint density at radius 3 is 1.30 bits per heavy atom. The zero-order chi connectivity index (χ0) is 80.6. The minimum Gasteiger partial charge on any atom is -0.450 e. The summed E-state index contributed by atoms with van der Waals surface area (Å²) in [6.07, 6.45) is -1.92. The molecule has 0 aliphatic carbocycles. The second-order valence-corrected chi connectivity index (χ2v) is 24.1. The van der Waals surface area contributed by atoms with Crippen molar-refractivity contribution < 1.29 is 61.2 Å². The molecule has 10 aromatic rings. The zero-order valence-electron chi connectivity index (χ0n) is 63.0. The van der Waals surface area contributed by atoms with Gasteiger partial charge in [0.15, 0.2) is 0 Å². The standard InChI is InChI=1S/C21H20FN3O2.C16H19FN4O2.C16H20N4O2.C15H18N4O2.C12H18N4O3/c1-14-2-9-18(10-3-14)27-21(26)25-20-11-8-17(12-19(20)23)24-13-15-4-6-16(22)7-5-15;1-3-23-16(22)20-13-4-5-14(21-15(13)18)19-9-11-6-10(2)7-12(17)8-11;1-2-22-16(21)19-13-8-9-14(20-15(13)17)18-11-10-12-6-4-3-5-7-12;1-2-21-15(20)18-12-8-9-13(19-14(12)16)17-10-11-6-4-3-5-7-11;1-2-19-12(17)14-9-3-4-10(15-11(9)13)16-5-7-18-8-6-16/h2-12,24H,13,23H2,1H3,(H,25,26);4-8H,3,9H2,1-2H3,(H,20,22)(H3,18,19,21);3-9H,2,10-11H2,1H3,(H,19,21)(H3,17,18,20);3-9H,2,10H2,1H3,(H,18,20)(H3,16,17,19);3-4H,2,5-8H2,1H3,(H2,13,15)(H,14,17). The lowest BCUT2D eigenvalue weighted by Crippen LogP contribution is -2.36. The average Bonchev–Trinajstić information content (AvgIpc) is 0.853. The van der Waals surface area contributed by atoms with Crippen molar-refractivity contribution in [2.24, 2.45) is 0 Å². The van der Waals surface area contributed by atoms with Crippen molar-refractivity contribution >= 4 is 117 Å². The lowest BCUT2D eigenvalue weighted by molar-refractivity contribution is 0.122. The number of nitrogens with one attached hydrogen (secondary N) is 9. The van der Waals surface area contributed by atoms with E-state index < -0.39 is 30.5 Å². The van der Waals surface area contributed by atoms with Gasteiger partial charge in [-0.05, 0) is 179 Å². The topological polar surface area (TPSA) is 434 Å². The minimum atomic E-state index is -0.613. The lowest BCUT2D eigenvalue weighted by Gasteiger charge is -2.28. The van der Waals surface area contributed by atoms with Gasteiger partial charge in [-0.25, -0.2) is 52.7 Å². The fraction of sp³-hybridized carbons (Fsp3) is 0.237. The Hall–Kier alpha value is -13.9. The van der Waals surface area contributed by atoms with Gasteiger partial charge in [-0.15, -0.1) is 0 Å². The molecule has 1 aliphatic rings. The Kier molecular flexibility index (Phi) is 34.8. The molecule has 0 radical (unpaired) electrons. The van der Waals surface area contributed by atoms with Crippen LogP contribution in [-0.4, -0.2) is 110 Å². The van der Waals surface area contributed by atoms with Crippen molar-refractivity contribution in [2.45, 2.75) is 67.6 Å². The SMILES string of the molecule is CCOC(=O)Nc1ccc(N2CCOCC2)nc1N.CCOC(=O)Nc1ccc(NCCc2ccccc2)nc1N.CCOC(=O)Nc1ccc(NCc2cc(C)cc(F)c2)nc1N.CCOC(=O)Nc1ccc(NCc2ccccc2)nc1N.Cc1ccc(OC(=O)Nc2ccc(NCc3ccc(F)cc3)cc2N)cc1. The summed E-state index contributed by atoms with van der Waals surface area (Å²) in [7, 11) is 0. The Bertz CT molecular complexity index is 4610. The van der Waals surface area contributed by atoms with Crippen LogP contribution in [0.3, 0.4) is 0 Å². The molecule has 19 N–H and O–H groups in total. The van der Waals surface area contributed by atoms with Crippen molar-refractivity contribution in [2.75, 3.05) is 141 Å². The highest BCUT2D eigenvalue weighted by Crippen LogP contribution is 2.27. The molecule has 590 valence electrons. The van der Waals surface area contributed by atoms with E-state index in [1.807, 2.05) is 86.6 Å². The first-order chi connectivity index (χ1) is 54.0. The number of hydrogen-bond acceptors (Lipinski definition) is 25. The smallest absolute Gasteiger partial charge is 0.417 e. The number of benzene rings is 6. The molecule has 30 nitrogen and oxygen atoms in total. The molecule has 5 heterocycles. The number of ether oxygens (including phenoxy) is 6. The molecule has 1 fully saturated rings. The van der Waals surface area contributed by atoms with Crippen molar-refractivity contribution in [3.05, 3.63) is 239 Å². The third-order valence-corrected chi connectivity index (χ3v) is 15.5. The quantitative estimate of drug-likeness (QED) is 0.0197. The van der Waals surface area contributed by atoms with Crippen molar-refractivity contribution in [1.82, 2.24) is 19.9 Å². The predicted molar refractivity (Wildman–Crippen MR) is 436 cm³/mol. The van der Waals surface area contributed by atoms with Crippen LogP contribution in [0, 0.1) is 25.5 Å². The van der Waals surface area contributed by atoms with E-state index >= 15 is 0 Å². The number of rotatable bonds is 24. The number of aromatic nitrogens is 4. The van der Waals surface area contributed by atoms with E-state index in [4.69, 9.17) is 57.1 Å². The largest absolute Gasteiger partial charge is 0.450 e. The number of anilines is 15. The predicted octanol–water partition coefficient (Wildman–Crippen LogP) is 15.0. The Labute approximate surface area is 648 Å². The summed E-state index contributed by atoms with van der Waals surface area (Å²) in [5.41, 5.74) is 38.7. The maximum atomic E-state index is 13.3. The van der Waals surface area contributed by atoms with Crippen LogP contribution in [0.4, 0.5) is 119 Å². The summed E-state index contributed by atoms with van der Waals surface area (Å²) in [4.78, 5) is 76.3. The van der Waals surface area contributed by atoms with Crippen LogP contribution in [0.1, 0.15) is 61.1 Å². The molecule has 5 amide bonds. The van der Waals surface area contributed by atoms with Gasteiger partial charge in [-0.2, -0.15) is 0 Å². The molecule has 1 aliphatic heterocycles. The van der Waals surface area contributed by atoms with Gasteiger partial charge in [0.05, 0.1) is 73.8 Å². The van der Waals surface area contributed by atoms with Crippen LogP contribution in [0.25, 0.3) is 0 Å². The molecule has 1 saturated heterocycles. The average molecular weight is 1540 g/mol. The van der Waals surface area contributed by atoms with E-state index in [1.54, 1.807) is 113 Å². The van der Waals surface area contributed by atoms with Gasteiger partial charge in [-0.3, -0.25) is 26.6 Å². The Morgan fingerprint density at radius 2 is 0.839 bits per heavy atom. The highest BCUT2D eigenvalue weighted by Gasteiger charge is 2.17. The van der Waals surface area contributed by atoms with Gasteiger partial charge < -0.3 is 83.3 Å². The number of nitrogens with zero attached hydrogens (tertiary/aromatic N) is 5. The number of carbonyl (C=O) groups is 5. The van der Waals surface area contributed by atoms with Crippen LogP contribution >= 0.6 is 0 Å². The molecule has 32 heteroatoms. The van der Waals surface area contributed by atoms with Gasteiger partial charge in [-0.1, -0.05) is 96.6 Å². The third-order valence-electron chi connectivity index (χ3n) is 15.5. The van der Waals surface area contributed by atoms with E-state index in [0.29, 0.717) is 110 Å². The van der Waals surface area contributed by atoms with Crippen LogP contribution in [0.2, 0.25) is 0 Å². The zero-order valence-corrected chi connectivity index (χ0v) is 63.0. The first-order valence-electron chi connectivity index (χ1n) is 35.7. The van der Waals surface area contributed by atoms with E-state index in [-0.39, 0.29) is 41.5 Å². The Morgan fingerprint density at radius 1 is 0.411 bits per heavy atom. The van der Waals surface area contributed by atoms with Gasteiger partial charge in [0.25, 0.3) is 0 Å². The van der Waals surface area contributed by atoms with E-state index in [9.17, 15) is 32.8 Å². The first-order valence-corrected chi connectivity index (χ1v) is 35.7. The summed E-state index contributed by atoms with van der Waals surface area (Å²) >= 11 is 0. The summed E-state index contributed by atoms with van der Waals surface area (Å²) in [6, 6.07) is 57.3. The van der Waals surface area contributed by atoms with Crippen molar-refractivity contribution in [1.29, 1.82) is 0 Å². The fourth-order valence-corrected chi connectivity index (χ4v) is 10.0. The van der Waals surface area contributed by atoms with Crippen LogP contribution in [0.5, 0.6) is 5.75 Å². The number of pyridine rings is 4. The monoisotopic (exact) mass is 1540 g/mol. The normalized spacial score (nSPS) is 11.0. The molecule has 6 aromatic carbocycles. The molecule has 4 aromatic heterocycles. The fourth-order valence-electron chi connectivity index (χ4n) is 10.0. The van der Waals surface area contributed by atoms with Crippen LogP contribution in [0.15, 0.2) is 194 Å².